The Kier molecular flexibility index (Phi) is 5.40. The van der Waals surface area contributed by atoms with Crippen molar-refractivity contribution in [3.8, 4) is 0 Å². The van der Waals surface area contributed by atoms with Gasteiger partial charge in [0.25, 0.3) is 0 Å². The lowest BCUT2D eigenvalue weighted by Gasteiger charge is -2.50. The van der Waals surface area contributed by atoms with E-state index in [0.29, 0.717) is 24.8 Å². The minimum atomic E-state index is -0.925. The zero-order valence-corrected chi connectivity index (χ0v) is 20.9. The number of cyclic esters (lactones) is 1. The Morgan fingerprint density at radius 2 is 1.94 bits per heavy atom. The molecule has 5 rings (SSSR count). The highest BCUT2D eigenvalue weighted by Gasteiger charge is 2.65. The molecule has 1 aromatic heterocycles. The summed E-state index contributed by atoms with van der Waals surface area (Å²) in [4.78, 5) is 52.3. The number of carbonyl (C=O) groups excluding carboxylic acids is 4. The van der Waals surface area contributed by atoms with Crippen molar-refractivity contribution in [2.75, 3.05) is 7.11 Å². The van der Waals surface area contributed by atoms with Gasteiger partial charge in [0, 0.05) is 46.9 Å². The second-order valence-corrected chi connectivity index (χ2v) is 11.6. The molecule has 188 valence electrons. The number of hydrogen-bond donors (Lipinski definition) is 1. The van der Waals surface area contributed by atoms with Crippen molar-refractivity contribution in [2.24, 2.45) is 28.6 Å². The van der Waals surface area contributed by atoms with E-state index in [1.165, 1.54) is 19.4 Å². The quantitative estimate of drug-likeness (QED) is 0.652. The molecule has 1 aromatic rings. The molecule has 2 saturated carbocycles. The third kappa shape index (κ3) is 3.36. The van der Waals surface area contributed by atoms with Crippen LogP contribution in [-0.4, -0.2) is 42.2 Å². The fraction of sp³-hybridized carbons (Fsp3) is 0.630. The molecule has 35 heavy (non-hydrogen) atoms. The van der Waals surface area contributed by atoms with Gasteiger partial charge in [-0.15, -0.1) is 0 Å². The van der Waals surface area contributed by atoms with E-state index >= 15 is 0 Å². The molecule has 0 bridgehead atoms. The van der Waals surface area contributed by atoms with Crippen LogP contribution in [0.3, 0.4) is 0 Å². The lowest BCUT2D eigenvalue weighted by molar-refractivity contribution is -0.156. The number of ether oxygens (including phenoxy) is 2. The van der Waals surface area contributed by atoms with Crippen molar-refractivity contribution in [3.05, 3.63) is 35.8 Å². The highest BCUT2D eigenvalue weighted by atomic mass is 16.5. The van der Waals surface area contributed by atoms with Crippen LogP contribution in [0.15, 0.2) is 34.7 Å². The smallest absolute Gasteiger partial charge is 0.331 e. The summed E-state index contributed by atoms with van der Waals surface area (Å²) in [5, 5.41) is 3.60. The number of Topliss-reactive ketones (excluding diaryl/α,β-unsaturated/α-hetero) is 2. The lowest BCUT2D eigenvalue weighted by atomic mass is 9.56. The number of carbonyl (C=O) groups is 4. The van der Waals surface area contributed by atoms with Crippen molar-refractivity contribution in [3.63, 3.8) is 0 Å². The van der Waals surface area contributed by atoms with Crippen LogP contribution < -0.4 is 5.32 Å². The molecule has 0 aromatic carbocycles. The number of fused-ring (bicyclic) bond motifs is 2. The summed E-state index contributed by atoms with van der Waals surface area (Å²) < 4.78 is 15.8. The largest absolute Gasteiger partial charge is 0.472 e. The summed E-state index contributed by atoms with van der Waals surface area (Å²) >= 11 is 0. The molecule has 1 spiro atoms. The topological polar surface area (TPSA) is 112 Å². The van der Waals surface area contributed by atoms with Gasteiger partial charge in [-0.05, 0) is 36.7 Å². The molecular formula is C27H33NO7. The van der Waals surface area contributed by atoms with Crippen molar-refractivity contribution >= 4 is 23.5 Å². The zero-order valence-electron chi connectivity index (χ0n) is 20.9. The van der Waals surface area contributed by atoms with Crippen molar-refractivity contribution in [2.45, 2.75) is 71.1 Å². The molecule has 3 heterocycles. The lowest BCUT2D eigenvalue weighted by Crippen LogP contribution is -2.61. The van der Waals surface area contributed by atoms with Gasteiger partial charge in [-0.2, -0.15) is 0 Å². The van der Waals surface area contributed by atoms with E-state index in [2.05, 4.69) is 19.2 Å². The molecule has 7 atom stereocenters. The first kappa shape index (κ1) is 24.0. The molecule has 2 aliphatic heterocycles. The first-order chi connectivity index (χ1) is 16.4. The standard InChI is InChI=1S/C27H33NO7/c1-14-17(10-19(29)33-5)25(2,3)22-16(21(14)31)12-27(28-22)8-7-26(4)18(23(27)32)11-20(30)35-24(26)15-6-9-34-13-15/h6,9,11,13-14,16-17,22,24,28H,7-8,10,12H2,1-5H3/t14-,16-,17+,22+,24-,26+,27+/m1/s1. The fourth-order valence-corrected chi connectivity index (χ4v) is 7.37. The molecule has 3 fully saturated rings. The molecule has 1 saturated heterocycles. The Hall–Kier alpha value is -2.74. The van der Waals surface area contributed by atoms with Crippen LogP contribution in [0.5, 0.6) is 0 Å². The average Bonchev–Trinajstić information content (AvgIpc) is 3.49. The minimum absolute atomic E-state index is 0.0852. The van der Waals surface area contributed by atoms with E-state index in [-0.39, 0.29) is 47.8 Å². The van der Waals surface area contributed by atoms with Gasteiger partial charge in [-0.3, -0.25) is 14.4 Å². The molecule has 4 aliphatic rings. The van der Waals surface area contributed by atoms with E-state index in [9.17, 15) is 19.2 Å². The van der Waals surface area contributed by atoms with Gasteiger partial charge in [-0.25, -0.2) is 4.79 Å². The van der Waals surface area contributed by atoms with E-state index in [4.69, 9.17) is 13.9 Å². The third-order valence-electron chi connectivity index (χ3n) is 9.48. The van der Waals surface area contributed by atoms with Crippen LogP contribution in [0.1, 0.15) is 65.0 Å². The monoisotopic (exact) mass is 483 g/mol. The average molecular weight is 484 g/mol. The Bertz CT molecular complexity index is 1120. The molecular weight excluding hydrogens is 450 g/mol. The molecule has 8 nitrogen and oxygen atoms in total. The van der Waals surface area contributed by atoms with E-state index < -0.39 is 28.4 Å². The van der Waals surface area contributed by atoms with Gasteiger partial charge < -0.3 is 19.2 Å². The summed E-state index contributed by atoms with van der Waals surface area (Å²) in [6.45, 7) is 7.97. The molecule has 0 radical (unpaired) electrons. The first-order valence-corrected chi connectivity index (χ1v) is 12.3. The Morgan fingerprint density at radius 3 is 2.60 bits per heavy atom. The van der Waals surface area contributed by atoms with Crippen LogP contribution in [0, 0.1) is 28.6 Å². The number of ketones is 2. The van der Waals surface area contributed by atoms with Crippen LogP contribution in [0.2, 0.25) is 0 Å². The SMILES string of the molecule is COC(=O)C[C@H]1[C@@H](C)C(=O)[C@H]2C[C@]3(CC[C@@]4(C)C(=CC(=O)O[C@@H]4c4ccoc4)C3=O)N[C@@H]2C1(C)C. The van der Waals surface area contributed by atoms with Crippen LogP contribution in [0.25, 0.3) is 0 Å². The summed E-state index contributed by atoms with van der Waals surface area (Å²) in [6.07, 6.45) is 5.48. The highest BCUT2D eigenvalue weighted by molar-refractivity contribution is 6.09. The maximum atomic E-state index is 14.2. The normalized spacial score (nSPS) is 40.1. The van der Waals surface area contributed by atoms with Crippen molar-refractivity contribution in [1.82, 2.24) is 5.32 Å². The van der Waals surface area contributed by atoms with E-state index in [0.717, 1.165) is 5.56 Å². The van der Waals surface area contributed by atoms with Gasteiger partial charge in [0.1, 0.15) is 11.9 Å². The van der Waals surface area contributed by atoms with Gasteiger partial charge >= 0.3 is 11.9 Å². The predicted octanol–water partition coefficient (Wildman–Crippen LogP) is 3.31. The molecule has 0 unspecified atom stereocenters. The fourth-order valence-electron chi connectivity index (χ4n) is 7.37. The summed E-state index contributed by atoms with van der Waals surface area (Å²) in [5.41, 5.74) is -0.863. The molecule has 8 heteroatoms. The van der Waals surface area contributed by atoms with Crippen LogP contribution in [-0.2, 0) is 28.7 Å². The first-order valence-electron chi connectivity index (χ1n) is 12.3. The van der Waals surface area contributed by atoms with Crippen molar-refractivity contribution in [1.29, 1.82) is 0 Å². The van der Waals surface area contributed by atoms with Crippen LogP contribution in [0.4, 0.5) is 0 Å². The Morgan fingerprint density at radius 1 is 1.20 bits per heavy atom. The summed E-state index contributed by atoms with van der Waals surface area (Å²) in [6, 6.07) is 1.50. The van der Waals surface area contributed by atoms with Gasteiger partial charge in [-0.1, -0.05) is 27.7 Å². The predicted molar refractivity (Wildman–Crippen MR) is 124 cm³/mol. The zero-order chi connectivity index (χ0) is 25.3. The Balaban J connectivity index is 1.49. The number of nitrogens with one attached hydrogen (secondary N) is 1. The number of furan rings is 1. The summed E-state index contributed by atoms with van der Waals surface area (Å²) in [5.74, 6) is -1.79. The van der Waals surface area contributed by atoms with E-state index in [1.807, 2.05) is 13.8 Å². The van der Waals surface area contributed by atoms with E-state index in [1.54, 1.807) is 12.3 Å². The number of rotatable bonds is 3. The summed E-state index contributed by atoms with van der Waals surface area (Å²) in [7, 11) is 1.35. The molecule has 0 amide bonds. The number of esters is 2. The maximum Gasteiger partial charge on any atom is 0.331 e. The maximum absolute atomic E-state index is 14.2. The highest BCUT2D eigenvalue weighted by Crippen LogP contribution is 2.59. The molecule has 1 N–H and O–H groups in total. The van der Waals surface area contributed by atoms with Gasteiger partial charge in [0.05, 0.1) is 25.2 Å². The Labute approximate surface area is 204 Å². The van der Waals surface area contributed by atoms with Crippen LogP contribution >= 0.6 is 0 Å². The van der Waals surface area contributed by atoms with Gasteiger partial charge in [0.2, 0.25) is 0 Å². The second kappa shape index (κ2) is 7.88. The third-order valence-corrected chi connectivity index (χ3v) is 9.48. The molecule has 2 aliphatic carbocycles. The number of hydrogen-bond acceptors (Lipinski definition) is 8. The van der Waals surface area contributed by atoms with Gasteiger partial charge in [0.15, 0.2) is 5.78 Å². The van der Waals surface area contributed by atoms with Crippen molar-refractivity contribution < 1.29 is 33.1 Å². The minimum Gasteiger partial charge on any atom is -0.472 e. The second-order valence-electron chi connectivity index (χ2n) is 11.6. The number of methoxy groups -OCH3 is 1.